The molecule has 21 heavy (non-hydrogen) atoms. The molecule has 1 N–H and O–H groups in total. The molecule has 0 aromatic carbocycles. The predicted octanol–water partition coefficient (Wildman–Crippen LogP) is 1.75. The summed E-state index contributed by atoms with van der Waals surface area (Å²) in [6.45, 7) is 10.4. The predicted molar refractivity (Wildman–Crippen MR) is 84.5 cm³/mol. The van der Waals surface area contributed by atoms with Crippen LogP contribution in [0.15, 0.2) is 12.3 Å². The lowest BCUT2D eigenvalue weighted by Crippen LogP contribution is -2.49. The number of nitrogens with zero attached hydrogens (tertiary/aromatic N) is 4. The third-order valence-corrected chi connectivity index (χ3v) is 3.74. The van der Waals surface area contributed by atoms with E-state index in [1.165, 1.54) is 0 Å². The molecular formula is C15H25N5O. The van der Waals surface area contributed by atoms with Gasteiger partial charge in [-0.1, -0.05) is 6.92 Å². The van der Waals surface area contributed by atoms with Crippen LogP contribution in [0.4, 0.5) is 11.8 Å². The average molecular weight is 291 g/mol. The van der Waals surface area contributed by atoms with Crippen LogP contribution in [0.25, 0.3) is 0 Å². The Hall–Kier alpha value is -1.69. The number of anilines is 2. The van der Waals surface area contributed by atoms with Gasteiger partial charge in [0, 0.05) is 44.8 Å². The first-order valence-corrected chi connectivity index (χ1v) is 7.72. The molecule has 0 aliphatic carbocycles. The van der Waals surface area contributed by atoms with Gasteiger partial charge in [-0.25, -0.2) is 4.98 Å². The van der Waals surface area contributed by atoms with Crippen LogP contribution in [0.2, 0.25) is 0 Å². The molecule has 1 aromatic rings. The molecule has 0 unspecified atom stereocenters. The summed E-state index contributed by atoms with van der Waals surface area (Å²) in [5, 5.41) is 2.75. The Labute approximate surface area is 126 Å². The van der Waals surface area contributed by atoms with Gasteiger partial charge in [0.05, 0.1) is 0 Å². The van der Waals surface area contributed by atoms with E-state index in [9.17, 15) is 4.79 Å². The van der Waals surface area contributed by atoms with E-state index in [0.717, 1.165) is 38.4 Å². The summed E-state index contributed by atoms with van der Waals surface area (Å²) in [6, 6.07) is 2.49. The van der Waals surface area contributed by atoms with Gasteiger partial charge in [-0.2, -0.15) is 4.98 Å². The molecule has 1 saturated heterocycles. The standard InChI is InChI=1S/C15H25N5O/c1-4-5-14(21)18-15-16-7-6-13(17-15)20-10-8-19(9-11-20)12(2)3/h6-7,12H,4-5,8-11H2,1-3H3,(H,16,17,18,21). The molecule has 2 rings (SSSR count). The second kappa shape index (κ2) is 7.36. The molecule has 1 aliphatic rings. The number of aromatic nitrogens is 2. The summed E-state index contributed by atoms with van der Waals surface area (Å²) < 4.78 is 0. The molecule has 0 bridgehead atoms. The average Bonchev–Trinajstić information content (AvgIpc) is 2.48. The Balaban J connectivity index is 1.96. The van der Waals surface area contributed by atoms with Gasteiger partial charge >= 0.3 is 0 Å². The lowest BCUT2D eigenvalue weighted by Gasteiger charge is -2.37. The van der Waals surface area contributed by atoms with E-state index in [4.69, 9.17) is 0 Å². The molecule has 0 spiro atoms. The van der Waals surface area contributed by atoms with Gasteiger partial charge in [0.25, 0.3) is 0 Å². The Morgan fingerprint density at radius 2 is 2.05 bits per heavy atom. The molecule has 1 fully saturated rings. The van der Waals surface area contributed by atoms with Crippen molar-refractivity contribution in [1.82, 2.24) is 14.9 Å². The molecule has 1 aliphatic heterocycles. The molecular weight excluding hydrogens is 266 g/mol. The molecule has 0 saturated carbocycles. The van der Waals surface area contributed by atoms with Crippen LogP contribution in [-0.2, 0) is 4.79 Å². The van der Waals surface area contributed by atoms with Crippen molar-refractivity contribution in [1.29, 1.82) is 0 Å². The van der Waals surface area contributed by atoms with E-state index in [-0.39, 0.29) is 5.91 Å². The highest BCUT2D eigenvalue weighted by Crippen LogP contribution is 2.15. The van der Waals surface area contributed by atoms with Crippen molar-refractivity contribution in [3.05, 3.63) is 12.3 Å². The minimum atomic E-state index is -0.0284. The van der Waals surface area contributed by atoms with E-state index in [0.29, 0.717) is 18.4 Å². The number of piperazine rings is 1. The fraction of sp³-hybridized carbons (Fsp3) is 0.667. The number of amides is 1. The van der Waals surface area contributed by atoms with Crippen molar-refractivity contribution >= 4 is 17.7 Å². The van der Waals surface area contributed by atoms with Crippen LogP contribution in [0.5, 0.6) is 0 Å². The first-order chi connectivity index (χ1) is 10.1. The van der Waals surface area contributed by atoms with Gasteiger partial charge in [-0.15, -0.1) is 0 Å². The highest BCUT2D eigenvalue weighted by molar-refractivity contribution is 5.88. The Morgan fingerprint density at radius 1 is 1.33 bits per heavy atom. The van der Waals surface area contributed by atoms with Crippen LogP contribution >= 0.6 is 0 Å². The maximum absolute atomic E-state index is 11.6. The first kappa shape index (κ1) is 15.7. The monoisotopic (exact) mass is 291 g/mol. The molecule has 0 radical (unpaired) electrons. The van der Waals surface area contributed by atoms with Crippen molar-refractivity contribution in [3.8, 4) is 0 Å². The number of hydrogen-bond acceptors (Lipinski definition) is 5. The third-order valence-electron chi connectivity index (χ3n) is 3.74. The van der Waals surface area contributed by atoms with Crippen LogP contribution < -0.4 is 10.2 Å². The van der Waals surface area contributed by atoms with E-state index < -0.39 is 0 Å². The lowest BCUT2D eigenvalue weighted by atomic mass is 10.2. The highest BCUT2D eigenvalue weighted by Gasteiger charge is 2.20. The summed E-state index contributed by atoms with van der Waals surface area (Å²) >= 11 is 0. The van der Waals surface area contributed by atoms with Gasteiger partial charge in [-0.05, 0) is 26.3 Å². The minimum absolute atomic E-state index is 0.0284. The number of nitrogens with one attached hydrogen (secondary N) is 1. The second-order valence-corrected chi connectivity index (χ2v) is 5.65. The largest absolute Gasteiger partial charge is 0.354 e. The number of carbonyl (C=O) groups excluding carboxylic acids is 1. The van der Waals surface area contributed by atoms with Gasteiger partial charge in [0.2, 0.25) is 11.9 Å². The van der Waals surface area contributed by atoms with Gasteiger partial charge < -0.3 is 4.90 Å². The van der Waals surface area contributed by atoms with Gasteiger partial charge in [0.1, 0.15) is 5.82 Å². The SMILES string of the molecule is CCCC(=O)Nc1nccc(N2CCN(C(C)C)CC2)n1. The number of rotatable bonds is 5. The summed E-state index contributed by atoms with van der Waals surface area (Å²) in [7, 11) is 0. The topological polar surface area (TPSA) is 61.4 Å². The Morgan fingerprint density at radius 3 is 2.67 bits per heavy atom. The van der Waals surface area contributed by atoms with E-state index in [1.54, 1.807) is 6.20 Å². The molecule has 0 atom stereocenters. The van der Waals surface area contributed by atoms with Gasteiger partial charge in [-0.3, -0.25) is 15.0 Å². The second-order valence-electron chi connectivity index (χ2n) is 5.65. The minimum Gasteiger partial charge on any atom is -0.354 e. The third kappa shape index (κ3) is 4.39. The Kier molecular flexibility index (Phi) is 5.50. The number of carbonyl (C=O) groups is 1. The van der Waals surface area contributed by atoms with Crippen LogP contribution in [0.1, 0.15) is 33.6 Å². The van der Waals surface area contributed by atoms with Crippen molar-refractivity contribution in [3.63, 3.8) is 0 Å². The zero-order valence-electron chi connectivity index (χ0n) is 13.2. The molecule has 1 amide bonds. The molecule has 6 heteroatoms. The quantitative estimate of drug-likeness (QED) is 0.895. The van der Waals surface area contributed by atoms with Crippen LogP contribution in [-0.4, -0.2) is 53.0 Å². The molecule has 6 nitrogen and oxygen atoms in total. The van der Waals surface area contributed by atoms with Crippen molar-refractivity contribution in [2.45, 2.75) is 39.7 Å². The molecule has 1 aromatic heterocycles. The van der Waals surface area contributed by atoms with Crippen LogP contribution in [0.3, 0.4) is 0 Å². The highest BCUT2D eigenvalue weighted by atomic mass is 16.1. The first-order valence-electron chi connectivity index (χ1n) is 7.72. The summed E-state index contributed by atoms with van der Waals surface area (Å²) in [6.07, 6.45) is 3.03. The van der Waals surface area contributed by atoms with E-state index in [2.05, 4.69) is 38.9 Å². The van der Waals surface area contributed by atoms with Crippen molar-refractivity contribution in [2.75, 3.05) is 36.4 Å². The maximum atomic E-state index is 11.6. The molecule has 116 valence electrons. The normalized spacial score (nSPS) is 16.3. The van der Waals surface area contributed by atoms with E-state index >= 15 is 0 Å². The van der Waals surface area contributed by atoms with E-state index in [1.807, 2.05) is 13.0 Å². The number of hydrogen-bond donors (Lipinski definition) is 1. The fourth-order valence-corrected chi connectivity index (χ4v) is 2.47. The van der Waals surface area contributed by atoms with Crippen LogP contribution in [0, 0.1) is 0 Å². The molecule has 2 heterocycles. The van der Waals surface area contributed by atoms with Crippen molar-refractivity contribution < 1.29 is 4.79 Å². The summed E-state index contributed by atoms with van der Waals surface area (Å²) in [4.78, 5) is 24.9. The van der Waals surface area contributed by atoms with Crippen molar-refractivity contribution in [2.24, 2.45) is 0 Å². The van der Waals surface area contributed by atoms with Gasteiger partial charge in [0.15, 0.2) is 0 Å². The Bertz CT molecular complexity index is 469. The fourth-order valence-electron chi connectivity index (χ4n) is 2.47. The maximum Gasteiger partial charge on any atom is 0.231 e. The zero-order valence-corrected chi connectivity index (χ0v) is 13.2. The smallest absolute Gasteiger partial charge is 0.231 e. The summed E-state index contributed by atoms with van der Waals surface area (Å²) in [5.41, 5.74) is 0. The summed E-state index contributed by atoms with van der Waals surface area (Å²) in [5.74, 6) is 1.26. The zero-order chi connectivity index (χ0) is 15.2. The lowest BCUT2D eigenvalue weighted by molar-refractivity contribution is -0.116.